The number of halogens is 3. The number of alkyl halides is 3. The molecule has 1 unspecified atom stereocenters. The van der Waals surface area contributed by atoms with Crippen molar-refractivity contribution in [2.45, 2.75) is 38.5 Å². The highest BCUT2D eigenvalue weighted by Gasteiger charge is 2.47. The zero-order valence-corrected chi connectivity index (χ0v) is 8.78. The van der Waals surface area contributed by atoms with Crippen molar-refractivity contribution in [2.24, 2.45) is 0 Å². The first-order chi connectivity index (χ1) is 6.23. The van der Waals surface area contributed by atoms with E-state index in [0.29, 0.717) is 13.1 Å². The minimum Gasteiger partial charge on any atom is -0.314 e. The summed E-state index contributed by atoms with van der Waals surface area (Å²) in [4.78, 5) is 1.52. The van der Waals surface area contributed by atoms with Gasteiger partial charge in [0.25, 0.3) is 0 Å². The molecule has 1 aliphatic rings. The number of hydrogen-bond acceptors (Lipinski definition) is 2. The van der Waals surface area contributed by atoms with Crippen molar-refractivity contribution in [3.05, 3.63) is 0 Å². The summed E-state index contributed by atoms with van der Waals surface area (Å²) in [5.41, 5.74) is -0.428. The van der Waals surface area contributed by atoms with Gasteiger partial charge in [-0.05, 0) is 20.8 Å². The maximum Gasteiger partial charge on any atom is 0.405 e. The summed E-state index contributed by atoms with van der Waals surface area (Å²) in [6, 6.07) is -1.35. The van der Waals surface area contributed by atoms with Crippen LogP contribution < -0.4 is 5.32 Å². The van der Waals surface area contributed by atoms with Crippen LogP contribution in [0, 0.1) is 0 Å². The average molecular weight is 210 g/mol. The standard InChI is InChI=1S/C9H17F3N2/c1-8(2,3)14-5-4-13-6-7(14)9(10,11)12/h7,13H,4-6H2,1-3H3. The lowest BCUT2D eigenvalue weighted by molar-refractivity contribution is -0.199. The van der Waals surface area contributed by atoms with Gasteiger partial charge in [-0.1, -0.05) is 0 Å². The predicted molar refractivity (Wildman–Crippen MR) is 49.2 cm³/mol. The van der Waals surface area contributed by atoms with Gasteiger partial charge in [-0.3, -0.25) is 4.90 Å². The SMILES string of the molecule is CC(C)(C)N1CCNCC1C(F)(F)F. The van der Waals surface area contributed by atoms with Gasteiger partial charge in [0, 0.05) is 25.2 Å². The quantitative estimate of drug-likeness (QED) is 0.653. The molecule has 1 heterocycles. The van der Waals surface area contributed by atoms with Gasteiger partial charge in [-0.2, -0.15) is 13.2 Å². The molecule has 0 saturated carbocycles. The third-order valence-electron chi connectivity index (χ3n) is 2.48. The Kier molecular flexibility index (Phi) is 3.11. The van der Waals surface area contributed by atoms with Crippen LogP contribution in [0.25, 0.3) is 0 Å². The second-order valence-corrected chi connectivity index (χ2v) is 4.63. The molecule has 0 aromatic heterocycles. The molecule has 0 aromatic carbocycles. The second kappa shape index (κ2) is 3.70. The van der Waals surface area contributed by atoms with Crippen molar-refractivity contribution in [3.8, 4) is 0 Å². The molecule has 0 amide bonds. The van der Waals surface area contributed by atoms with Crippen LogP contribution in [0.15, 0.2) is 0 Å². The first kappa shape index (κ1) is 11.8. The van der Waals surface area contributed by atoms with E-state index in [1.54, 1.807) is 0 Å². The molecule has 0 radical (unpaired) electrons. The van der Waals surface area contributed by atoms with Gasteiger partial charge in [0.2, 0.25) is 0 Å². The van der Waals surface area contributed by atoms with Gasteiger partial charge < -0.3 is 5.32 Å². The zero-order chi connectivity index (χ0) is 11.0. The molecule has 0 aromatic rings. The van der Waals surface area contributed by atoms with Crippen molar-refractivity contribution < 1.29 is 13.2 Å². The van der Waals surface area contributed by atoms with Crippen LogP contribution >= 0.6 is 0 Å². The van der Waals surface area contributed by atoms with Crippen LogP contribution in [0.1, 0.15) is 20.8 Å². The lowest BCUT2D eigenvalue weighted by atomic mass is 10.0. The number of hydrogen-bond donors (Lipinski definition) is 1. The van der Waals surface area contributed by atoms with Gasteiger partial charge in [-0.25, -0.2) is 0 Å². The minimum absolute atomic E-state index is 0.000764. The molecule has 1 atom stereocenters. The predicted octanol–water partition coefficient (Wildman–Crippen LogP) is 1.62. The molecule has 0 bridgehead atoms. The molecule has 0 spiro atoms. The Hall–Kier alpha value is -0.290. The summed E-state index contributed by atoms with van der Waals surface area (Å²) in [6.45, 7) is 6.53. The lowest BCUT2D eigenvalue weighted by Crippen LogP contribution is -2.63. The normalized spacial score (nSPS) is 26.6. The summed E-state index contributed by atoms with van der Waals surface area (Å²) < 4.78 is 37.9. The second-order valence-electron chi connectivity index (χ2n) is 4.63. The topological polar surface area (TPSA) is 15.3 Å². The van der Waals surface area contributed by atoms with Crippen LogP contribution in [-0.2, 0) is 0 Å². The molecular weight excluding hydrogens is 193 g/mol. The summed E-state index contributed by atoms with van der Waals surface area (Å²) in [6.07, 6.45) is -4.14. The van der Waals surface area contributed by atoms with Crippen LogP contribution in [-0.4, -0.2) is 42.3 Å². The number of piperazine rings is 1. The summed E-state index contributed by atoms with van der Waals surface area (Å²) in [5.74, 6) is 0. The third kappa shape index (κ3) is 2.60. The van der Waals surface area contributed by atoms with Gasteiger partial charge in [0.05, 0.1) is 0 Å². The smallest absolute Gasteiger partial charge is 0.314 e. The fourth-order valence-electron chi connectivity index (χ4n) is 1.80. The van der Waals surface area contributed by atoms with Crippen molar-refractivity contribution in [3.63, 3.8) is 0 Å². The van der Waals surface area contributed by atoms with Crippen molar-refractivity contribution in [1.82, 2.24) is 10.2 Å². The highest BCUT2D eigenvalue weighted by atomic mass is 19.4. The maximum atomic E-state index is 12.6. The van der Waals surface area contributed by atoms with Gasteiger partial charge in [0.1, 0.15) is 6.04 Å². The molecule has 2 nitrogen and oxygen atoms in total. The number of rotatable bonds is 0. The molecule has 1 saturated heterocycles. The van der Waals surface area contributed by atoms with E-state index in [-0.39, 0.29) is 6.54 Å². The fourth-order valence-corrected chi connectivity index (χ4v) is 1.80. The lowest BCUT2D eigenvalue weighted by Gasteiger charge is -2.45. The Bertz CT molecular complexity index is 173. The molecule has 14 heavy (non-hydrogen) atoms. The monoisotopic (exact) mass is 210 g/mol. The van der Waals surface area contributed by atoms with Crippen molar-refractivity contribution in [2.75, 3.05) is 19.6 Å². The molecule has 1 N–H and O–H groups in total. The van der Waals surface area contributed by atoms with Crippen LogP contribution in [0.3, 0.4) is 0 Å². The van der Waals surface area contributed by atoms with E-state index in [2.05, 4.69) is 5.32 Å². The Balaban J connectivity index is 2.80. The van der Waals surface area contributed by atoms with E-state index in [9.17, 15) is 13.2 Å². The largest absolute Gasteiger partial charge is 0.405 e. The summed E-state index contributed by atoms with van der Waals surface area (Å²) in [5, 5.41) is 2.78. The minimum atomic E-state index is -4.14. The van der Waals surface area contributed by atoms with Crippen LogP contribution in [0.2, 0.25) is 0 Å². The molecule has 84 valence electrons. The third-order valence-corrected chi connectivity index (χ3v) is 2.48. The average Bonchev–Trinajstić information content (AvgIpc) is 2.01. The fraction of sp³-hybridized carbons (Fsp3) is 1.00. The van der Waals surface area contributed by atoms with E-state index in [1.807, 2.05) is 20.8 Å². The van der Waals surface area contributed by atoms with E-state index in [0.717, 1.165) is 0 Å². The summed E-state index contributed by atoms with van der Waals surface area (Å²) in [7, 11) is 0. The Morgan fingerprint density at radius 2 is 1.79 bits per heavy atom. The maximum absolute atomic E-state index is 12.6. The van der Waals surface area contributed by atoms with Gasteiger partial charge in [0.15, 0.2) is 0 Å². The van der Waals surface area contributed by atoms with Crippen molar-refractivity contribution >= 4 is 0 Å². The van der Waals surface area contributed by atoms with Gasteiger partial charge >= 0.3 is 6.18 Å². The first-order valence-electron chi connectivity index (χ1n) is 4.77. The molecule has 1 rings (SSSR count). The Labute approximate surface area is 82.5 Å². The van der Waals surface area contributed by atoms with Crippen LogP contribution in [0.5, 0.6) is 0 Å². The highest BCUT2D eigenvalue weighted by Crippen LogP contribution is 2.30. The van der Waals surface area contributed by atoms with Crippen LogP contribution in [0.4, 0.5) is 13.2 Å². The molecule has 5 heteroatoms. The zero-order valence-electron chi connectivity index (χ0n) is 8.78. The number of nitrogens with one attached hydrogen (secondary N) is 1. The molecular formula is C9H17F3N2. The molecule has 1 fully saturated rings. The van der Waals surface area contributed by atoms with E-state index < -0.39 is 17.8 Å². The van der Waals surface area contributed by atoms with E-state index >= 15 is 0 Å². The highest BCUT2D eigenvalue weighted by molar-refractivity contribution is 4.91. The Morgan fingerprint density at radius 3 is 2.14 bits per heavy atom. The van der Waals surface area contributed by atoms with Gasteiger partial charge in [-0.15, -0.1) is 0 Å². The number of nitrogens with zero attached hydrogens (tertiary/aromatic N) is 1. The van der Waals surface area contributed by atoms with Crippen molar-refractivity contribution in [1.29, 1.82) is 0 Å². The van der Waals surface area contributed by atoms with E-state index in [4.69, 9.17) is 0 Å². The molecule has 1 aliphatic heterocycles. The summed E-state index contributed by atoms with van der Waals surface area (Å²) >= 11 is 0. The van der Waals surface area contributed by atoms with E-state index in [1.165, 1.54) is 4.90 Å². The molecule has 0 aliphatic carbocycles. The Morgan fingerprint density at radius 1 is 1.21 bits per heavy atom. The first-order valence-corrected chi connectivity index (χ1v) is 4.77.